The zero-order valence-electron chi connectivity index (χ0n) is 17.7. The summed E-state index contributed by atoms with van der Waals surface area (Å²) in [5.74, 6) is -1.61. The van der Waals surface area contributed by atoms with E-state index in [1.165, 1.54) is 6.07 Å². The molecule has 0 aromatic heterocycles. The van der Waals surface area contributed by atoms with Crippen LogP contribution >= 0.6 is 0 Å². The van der Waals surface area contributed by atoms with Gasteiger partial charge in [-0.1, -0.05) is 27.7 Å². The number of carbonyl (C=O) groups is 2. The molecule has 0 spiro atoms. The third-order valence-electron chi connectivity index (χ3n) is 5.17. The molecule has 0 unspecified atom stereocenters. The van der Waals surface area contributed by atoms with Crippen LogP contribution in [0.3, 0.4) is 0 Å². The van der Waals surface area contributed by atoms with E-state index in [-0.39, 0.29) is 71.8 Å². The topological polar surface area (TPSA) is 107 Å². The molecule has 0 saturated carbocycles. The van der Waals surface area contributed by atoms with Gasteiger partial charge in [0.2, 0.25) is 0 Å². The summed E-state index contributed by atoms with van der Waals surface area (Å²) in [6.45, 7) is 14.4. The van der Waals surface area contributed by atoms with Crippen molar-refractivity contribution in [2.75, 3.05) is 0 Å². The van der Waals surface area contributed by atoms with E-state index in [1.54, 1.807) is 27.7 Å². The van der Waals surface area contributed by atoms with Gasteiger partial charge in [-0.25, -0.2) is 9.59 Å². The summed E-state index contributed by atoms with van der Waals surface area (Å²) in [5.41, 5.74) is -1.96. The number of esters is 2. The van der Waals surface area contributed by atoms with Crippen molar-refractivity contribution in [3.05, 3.63) is 29.3 Å². The number of rotatable bonds is 7. The van der Waals surface area contributed by atoms with Gasteiger partial charge < -0.3 is 9.47 Å². The molecule has 1 aromatic carbocycles. The Labute approximate surface area is 213 Å². The van der Waals surface area contributed by atoms with Crippen molar-refractivity contribution in [2.45, 2.75) is 71.5 Å². The first-order valence-electron chi connectivity index (χ1n) is 9.06. The Balaban J connectivity index is 0.00000784. The van der Waals surface area contributed by atoms with Crippen molar-refractivity contribution in [2.24, 2.45) is 11.8 Å². The Morgan fingerprint density at radius 2 is 1.14 bits per heavy atom. The van der Waals surface area contributed by atoms with Crippen LogP contribution in [0.2, 0.25) is 0 Å². The summed E-state index contributed by atoms with van der Waals surface area (Å²) in [6.07, 6.45) is 0. The Morgan fingerprint density at radius 1 is 0.828 bits per heavy atom. The summed E-state index contributed by atoms with van der Waals surface area (Å²) < 4.78 is 43.6. The fourth-order valence-electron chi connectivity index (χ4n) is 1.82. The molecule has 9 heteroatoms. The molecule has 162 valence electrons. The first-order valence-corrected chi connectivity index (χ1v) is 10.5. The Bertz CT molecular complexity index is 803. The number of benzene rings is 1. The van der Waals surface area contributed by atoms with E-state index in [0.29, 0.717) is 0 Å². The molecule has 0 amide bonds. The standard InChI is InChI=1S/C20H30O7S.Ba.2H/c1-12(2)19(5,6)26-17(21)14-9-15(11-16(10-14)28(23,24)25)18(22)27-20(7,8)13(3)4;;;/h9-13H,1-8H3,(H,23,24,25);;;. The predicted molar refractivity (Wildman–Crippen MR) is 113 cm³/mol. The molecule has 1 aromatic rings. The maximum absolute atomic E-state index is 12.6. The molecule has 0 aliphatic rings. The molecule has 0 aliphatic carbocycles. The summed E-state index contributed by atoms with van der Waals surface area (Å²) in [6, 6.07) is 3.14. The molecule has 7 nitrogen and oxygen atoms in total. The molecule has 0 bridgehead atoms. The van der Waals surface area contributed by atoms with Gasteiger partial charge in [-0.15, -0.1) is 0 Å². The van der Waals surface area contributed by atoms with E-state index < -0.39 is 38.2 Å². The van der Waals surface area contributed by atoms with Crippen molar-refractivity contribution >= 4 is 70.9 Å². The molecule has 0 saturated heterocycles. The van der Waals surface area contributed by atoms with E-state index in [2.05, 4.69) is 0 Å². The van der Waals surface area contributed by atoms with Crippen molar-refractivity contribution < 1.29 is 32.0 Å². The zero-order valence-corrected chi connectivity index (χ0v) is 18.5. The van der Waals surface area contributed by atoms with E-state index in [1.807, 2.05) is 27.7 Å². The van der Waals surface area contributed by atoms with Crippen molar-refractivity contribution in [3.8, 4) is 0 Å². The minimum absolute atomic E-state index is 0. The molecule has 1 rings (SSSR count). The summed E-state index contributed by atoms with van der Waals surface area (Å²) in [7, 11) is -4.65. The quantitative estimate of drug-likeness (QED) is 0.314. The molecule has 0 atom stereocenters. The van der Waals surface area contributed by atoms with Gasteiger partial charge >= 0.3 is 60.8 Å². The van der Waals surface area contributed by atoms with E-state index in [9.17, 15) is 22.6 Å². The van der Waals surface area contributed by atoms with Gasteiger partial charge in [0.25, 0.3) is 10.1 Å². The zero-order chi connectivity index (χ0) is 22.1. The summed E-state index contributed by atoms with van der Waals surface area (Å²) in [4.78, 5) is 24.5. The fraction of sp³-hybridized carbons (Fsp3) is 0.600. The second kappa shape index (κ2) is 10.3. The van der Waals surface area contributed by atoms with Crippen molar-refractivity contribution in [1.82, 2.24) is 0 Å². The fourth-order valence-corrected chi connectivity index (χ4v) is 2.37. The van der Waals surface area contributed by atoms with E-state index in [0.717, 1.165) is 12.1 Å². The van der Waals surface area contributed by atoms with Crippen LogP contribution in [0.1, 0.15) is 76.1 Å². The average molecular weight is 554 g/mol. The molecule has 29 heavy (non-hydrogen) atoms. The van der Waals surface area contributed by atoms with Crippen LogP contribution in [-0.4, -0.2) is 85.0 Å². The normalized spacial score (nSPS) is 12.5. The minimum atomic E-state index is -4.65. The van der Waals surface area contributed by atoms with Crippen LogP contribution in [0.25, 0.3) is 0 Å². The third-order valence-corrected chi connectivity index (χ3v) is 6.00. The summed E-state index contributed by atoms with van der Waals surface area (Å²) in [5, 5.41) is 0. The van der Waals surface area contributed by atoms with Gasteiger partial charge in [-0.2, -0.15) is 8.42 Å². The number of hydrogen-bond acceptors (Lipinski definition) is 6. The van der Waals surface area contributed by atoms with Crippen LogP contribution in [0, 0.1) is 11.8 Å². The molecular weight excluding hydrogens is 522 g/mol. The van der Waals surface area contributed by atoms with Crippen LogP contribution < -0.4 is 0 Å². The molecule has 1 N–H and O–H groups in total. The van der Waals surface area contributed by atoms with Gasteiger partial charge in [0.15, 0.2) is 0 Å². The molecule has 0 aliphatic heterocycles. The van der Waals surface area contributed by atoms with Gasteiger partial charge in [0, 0.05) is 0 Å². The van der Waals surface area contributed by atoms with Gasteiger partial charge in [-0.3, -0.25) is 4.55 Å². The molecule has 0 radical (unpaired) electrons. The second-order valence-electron chi connectivity index (χ2n) is 8.52. The maximum atomic E-state index is 12.6. The van der Waals surface area contributed by atoms with Crippen LogP contribution in [0.15, 0.2) is 23.1 Å². The van der Waals surface area contributed by atoms with Crippen LogP contribution in [-0.2, 0) is 19.6 Å². The first kappa shape index (κ1) is 28.6. The first-order chi connectivity index (χ1) is 12.5. The van der Waals surface area contributed by atoms with Crippen molar-refractivity contribution in [3.63, 3.8) is 0 Å². The molecular formula is C20H32BaO7S. The Kier molecular flexibility index (Phi) is 10.2. The second-order valence-corrected chi connectivity index (χ2v) is 9.94. The van der Waals surface area contributed by atoms with E-state index in [4.69, 9.17) is 9.47 Å². The average Bonchev–Trinajstić information content (AvgIpc) is 2.52. The van der Waals surface area contributed by atoms with Crippen LogP contribution in [0.4, 0.5) is 0 Å². The summed E-state index contributed by atoms with van der Waals surface area (Å²) >= 11 is 0. The SMILES string of the molecule is CC(C)C(C)(C)OC(=O)c1cc(C(=O)OC(C)(C)C(C)C)cc(S(=O)(=O)O)c1.[BaH2]. The predicted octanol–water partition coefficient (Wildman–Crippen LogP) is 3.20. The number of hydrogen-bond donors (Lipinski definition) is 1. The van der Waals surface area contributed by atoms with E-state index >= 15 is 0 Å². The number of ether oxygens (including phenoxy) is 2. The van der Waals surface area contributed by atoms with Crippen LogP contribution in [0.5, 0.6) is 0 Å². The van der Waals surface area contributed by atoms with Crippen molar-refractivity contribution in [1.29, 1.82) is 0 Å². The molecule has 0 fully saturated rings. The van der Waals surface area contributed by atoms with Gasteiger partial charge in [0.05, 0.1) is 16.0 Å². The molecule has 0 heterocycles. The van der Waals surface area contributed by atoms with Gasteiger partial charge in [-0.05, 0) is 57.7 Å². The van der Waals surface area contributed by atoms with Gasteiger partial charge in [0.1, 0.15) is 11.2 Å². The third kappa shape index (κ3) is 8.01. The monoisotopic (exact) mass is 554 g/mol. The number of carbonyl (C=O) groups excluding carboxylic acids is 2. The Morgan fingerprint density at radius 3 is 1.38 bits per heavy atom. The Hall–Kier alpha value is -0.359.